The summed E-state index contributed by atoms with van der Waals surface area (Å²) in [5.41, 5.74) is 3.80. The lowest BCUT2D eigenvalue weighted by molar-refractivity contribution is 0.273. The van der Waals surface area contributed by atoms with Crippen molar-refractivity contribution in [1.29, 1.82) is 5.26 Å². The number of rotatable bonds is 19. The van der Waals surface area contributed by atoms with Crippen LogP contribution in [0.2, 0.25) is 0 Å². The molecule has 0 radical (unpaired) electrons. The molecular weight excluding hydrogens is 538 g/mol. The van der Waals surface area contributed by atoms with Gasteiger partial charge in [0, 0.05) is 12.2 Å². The summed E-state index contributed by atoms with van der Waals surface area (Å²) in [6.45, 7) is 2.30. The summed E-state index contributed by atoms with van der Waals surface area (Å²) in [6.07, 6.45) is 12.8. The summed E-state index contributed by atoms with van der Waals surface area (Å²) in [6, 6.07) is 25.7. The summed E-state index contributed by atoms with van der Waals surface area (Å²) in [4.78, 5) is 8.92. The van der Waals surface area contributed by atoms with Gasteiger partial charge in [-0.1, -0.05) is 49.9 Å². The zero-order valence-corrected chi connectivity index (χ0v) is 24.8. The third kappa shape index (κ3) is 11.1. The summed E-state index contributed by atoms with van der Waals surface area (Å²) in [5.74, 6) is 3.06. The van der Waals surface area contributed by atoms with Crippen LogP contribution < -0.4 is 14.2 Å². The molecule has 1 heterocycles. The van der Waals surface area contributed by atoms with Gasteiger partial charge in [0.05, 0.1) is 43.8 Å². The number of hydrogen-bond acceptors (Lipinski definition) is 7. The minimum Gasteiger partial charge on any atom is -0.494 e. The van der Waals surface area contributed by atoms with E-state index in [9.17, 15) is 0 Å². The highest BCUT2D eigenvalue weighted by Crippen LogP contribution is 2.23. The Morgan fingerprint density at radius 1 is 0.512 bits per heavy atom. The maximum atomic E-state index is 8.95. The Labute approximate surface area is 255 Å². The highest BCUT2D eigenvalue weighted by molar-refractivity contribution is 5.65. The van der Waals surface area contributed by atoms with Crippen LogP contribution in [0.5, 0.6) is 17.2 Å². The first-order chi connectivity index (χ1) is 21.2. The fourth-order valence-corrected chi connectivity index (χ4v) is 4.59. The minimum atomic E-state index is 0.261. The second kappa shape index (κ2) is 18.2. The highest BCUT2D eigenvalue weighted by atomic mass is 16.5. The van der Waals surface area contributed by atoms with Crippen molar-refractivity contribution in [2.75, 3.05) is 26.4 Å². The van der Waals surface area contributed by atoms with E-state index in [1.54, 1.807) is 12.4 Å². The predicted molar refractivity (Wildman–Crippen MR) is 169 cm³/mol. The van der Waals surface area contributed by atoms with Crippen molar-refractivity contribution < 1.29 is 19.3 Å². The number of benzene rings is 3. The fourth-order valence-electron chi connectivity index (χ4n) is 4.59. The second-order valence-electron chi connectivity index (χ2n) is 10.4. The standard InChI is InChI=1S/C36H41N3O4/c37-26-29-10-12-30(13-11-29)31-14-18-33(19-15-31)41-23-7-3-1-4-8-25-43-35-27-38-36(39-28-35)32-16-20-34(21-17-32)42-24-9-5-2-6-22-40/h10-21,27-28,40H,1-9,22-25H2. The molecule has 0 atom stereocenters. The molecule has 0 amide bonds. The summed E-state index contributed by atoms with van der Waals surface area (Å²) >= 11 is 0. The molecule has 4 rings (SSSR count). The molecule has 0 fully saturated rings. The molecule has 3 aromatic carbocycles. The summed E-state index contributed by atoms with van der Waals surface area (Å²) in [5, 5.41) is 17.8. The van der Waals surface area contributed by atoms with Gasteiger partial charge in [0.1, 0.15) is 11.5 Å². The lowest BCUT2D eigenvalue weighted by Crippen LogP contribution is -2.00. The van der Waals surface area contributed by atoms with Gasteiger partial charge in [-0.3, -0.25) is 0 Å². The Morgan fingerprint density at radius 2 is 0.930 bits per heavy atom. The van der Waals surface area contributed by atoms with Crippen molar-refractivity contribution in [2.45, 2.75) is 57.8 Å². The van der Waals surface area contributed by atoms with E-state index in [0.717, 1.165) is 86.0 Å². The Balaban J connectivity index is 1.03. The molecule has 0 saturated carbocycles. The van der Waals surface area contributed by atoms with Gasteiger partial charge >= 0.3 is 0 Å². The number of aliphatic hydroxyl groups excluding tert-OH is 1. The van der Waals surface area contributed by atoms with E-state index in [1.165, 1.54) is 0 Å². The Hall–Kier alpha value is -4.41. The smallest absolute Gasteiger partial charge is 0.159 e. The molecule has 43 heavy (non-hydrogen) atoms. The van der Waals surface area contributed by atoms with Gasteiger partial charge in [-0.15, -0.1) is 0 Å². The number of unbranched alkanes of at least 4 members (excludes halogenated alkanes) is 7. The molecular formula is C36H41N3O4. The largest absolute Gasteiger partial charge is 0.494 e. The molecule has 0 spiro atoms. The Kier molecular flexibility index (Phi) is 13.3. The molecule has 0 aliphatic heterocycles. The van der Waals surface area contributed by atoms with Crippen LogP contribution in [0.15, 0.2) is 85.2 Å². The van der Waals surface area contributed by atoms with E-state index >= 15 is 0 Å². The third-order valence-electron chi connectivity index (χ3n) is 7.09. The number of ether oxygens (including phenoxy) is 3. The topological polar surface area (TPSA) is 97.5 Å². The number of nitrogens with zero attached hydrogens (tertiary/aromatic N) is 3. The van der Waals surface area contributed by atoms with E-state index < -0.39 is 0 Å². The zero-order valence-electron chi connectivity index (χ0n) is 24.8. The fraction of sp³-hybridized carbons (Fsp3) is 0.361. The average molecular weight is 580 g/mol. The average Bonchev–Trinajstić information content (AvgIpc) is 3.06. The molecule has 1 N–H and O–H groups in total. The zero-order chi connectivity index (χ0) is 30.0. The van der Waals surface area contributed by atoms with E-state index in [-0.39, 0.29) is 6.61 Å². The van der Waals surface area contributed by atoms with Crippen LogP contribution in [0.4, 0.5) is 0 Å². The predicted octanol–water partition coefficient (Wildman–Crippen LogP) is 8.02. The first-order valence-corrected chi connectivity index (χ1v) is 15.3. The van der Waals surface area contributed by atoms with E-state index in [4.69, 9.17) is 24.6 Å². The van der Waals surface area contributed by atoms with Gasteiger partial charge in [0.15, 0.2) is 11.6 Å². The number of aliphatic hydroxyl groups is 1. The second-order valence-corrected chi connectivity index (χ2v) is 10.4. The molecule has 224 valence electrons. The number of hydrogen-bond donors (Lipinski definition) is 1. The number of aromatic nitrogens is 2. The van der Waals surface area contributed by atoms with Gasteiger partial charge < -0.3 is 19.3 Å². The van der Waals surface area contributed by atoms with Gasteiger partial charge in [-0.25, -0.2) is 9.97 Å². The van der Waals surface area contributed by atoms with Crippen LogP contribution in [0, 0.1) is 11.3 Å². The van der Waals surface area contributed by atoms with E-state index in [1.807, 2.05) is 72.8 Å². The molecule has 0 unspecified atom stereocenters. The van der Waals surface area contributed by atoms with Crippen LogP contribution in [-0.4, -0.2) is 41.5 Å². The molecule has 4 aromatic rings. The van der Waals surface area contributed by atoms with Gasteiger partial charge in [-0.2, -0.15) is 5.26 Å². The van der Waals surface area contributed by atoms with Crippen molar-refractivity contribution in [3.05, 3.63) is 90.8 Å². The maximum Gasteiger partial charge on any atom is 0.159 e. The van der Waals surface area contributed by atoms with Crippen molar-refractivity contribution in [2.24, 2.45) is 0 Å². The molecule has 0 saturated heterocycles. The number of nitriles is 1. The van der Waals surface area contributed by atoms with Crippen molar-refractivity contribution in [1.82, 2.24) is 9.97 Å². The minimum absolute atomic E-state index is 0.261. The van der Waals surface area contributed by atoms with Crippen LogP contribution in [0.1, 0.15) is 63.4 Å². The Bertz CT molecular complexity index is 1370. The van der Waals surface area contributed by atoms with Crippen LogP contribution in [0.3, 0.4) is 0 Å². The van der Waals surface area contributed by atoms with E-state index in [0.29, 0.717) is 37.0 Å². The van der Waals surface area contributed by atoms with Crippen molar-refractivity contribution in [3.63, 3.8) is 0 Å². The molecule has 1 aromatic heterocycles. The maximum absolute atomic E-state index is 8.95. The highest BCUT2D eigenvalue weighted by Gasteiger charge is 2.04. The quantitative estimate of drug-likeness (QED) is 0.112. The first-order valence-electron chi connectivity index (χ1n) is 15.3. The summed E-state index contributed by atoms with van der Waals surface area (Å²) < 4.78 is 17.5. The normalized spacial score (nSPS) is 10.7. The molecule has 7 nitrogen and oxygen atoms in total. The molecule has 0 aliphatic carbocycles. The lowest BCUT2D eigenvalue weighted by atomic mass is 10.0. The third-order valence-corrected chi connectivity index (χ3v) is 7.09. The lowest BCUT2D eigenvalue weighted by Gasteiger charge is -2.09. The SMILES string of the molecule is N#Cc1ccc(-c2ccc(OCCCCCCCOc3cnc(-c4ccc(OCCCCCCO)cc4)nc3)cc2)cc1. The Morgan fingerprint density at radius 3 is 1.42 bits per heavy atom. The summed E-state index contributed by atoms with van der Waals surface area (Å²) in [7, 11) is 0. The van der Waals surface area contributed by atoms with E-state index in [2.05, 4.69) is 16.0 Å². The molecule has 7 heteroatoms. The molecule has 0 aliphatic rings. The van der Waals surface area contributed by atoms with Crippen molar-refractivity contribution >= 4 is 0 Å². The van der Waals surface area contributed by atoms with Crippen LogP contribution >= 0.6 is 0 Å². The first kappa shape index (κ1) is 31.5. The molecule has 0 bridgehead atoms. The van der Waals surface area contributed by atoms with Gasteiger partial charge in [0.2, 0.25) is 0 Å². The van der Waals surface area contributed by atoms with Crippen LogP contribution in [-0.2, 0) is 0 Å². The van der Waals surface area contributed by atoms with Gasteiger partial charge in [0.25, 0.3) is 0 Å². The van der Waals surface area contributed by atoms with Gasteiger partial charge in [-0.05, 0) is 91.8 Å². The van der Waals surface area contributed by atoms with Crippen LogP contribution in [0.25, 0.3) is 22.5 Å². The van der Waals surface area contributed by atoms with Crippen molar-refractivity contribution in [3.8, 4) is 45.8 Å². The monoisotopic (exact) mass is 579 g/mol.